The van der Waals surface area contributed by atoms with Gasteiger partial charge in [0.1, 0.15) is 5.75 Å². The van der Waals surface area contributed by atoms with Crippen LogP contribution in [0, 0.1) is 0 Å². The van der Waals surface area contributed by atoms with E-state index in [-0.39, 0.29) is 42.3 Å². The third kappa shape index (κ3) is 10.5. The molecule has 0 unspecified atom stereocenters. The molecule has 0 bridgehead atoms. The highest BCUT2D eigenvalue weighted by Crippen LogP contribution is 2.33. The van der Waals surface area contributed by atoms with Gasteiger partial charge in [-0.05, 0) is 92.4 Å². The van der Waals surface area contributed by atoms with Gasteiger partial charge in [-0.3, -0.25) is 19.2 Å². The highest BCUT2D eigenvalue weighted by atomic mass is 32.1. The van der Waals surface area contributed by atoms with E-state index in [9.17, 15) is 19.2 Å². The van der Waals surface area contributed by atoms with Crippen molar-refractivity contribution in [2.45, 2.75) is 63.6 Å². The zero-order chi connectivity index (χ0) is 36.3. The molecule has 1 fully saturated rings. The van der Waals surface area contributed by atoms with E-state index in [1.165, 1.54) is 0 Å². The van der Waals surface area contributed by atoms with Gasteiger partial charge in [-0.1, -0.05) is 25.0 Å². The maximum absolute atomic E-state index is 13.5. The predicted molar refractivity (Wildman–Crippen MR) is 202 cm³/mol. The smallest absolute Gasteiger partial charge is 0.262 e. The summed E-state index contributed by atoms with van der Waals surface area (Å²) in [5, 5.41) is 14.1. The highest BCUT2D eigenvalue weighted by molar-refractivity contribution is 7.07. The van der Waals surface area contributed by atoms with Crippen molar-refractivity contribution < 1.29 is 23.9 Å². The van der Waals surface area contributed by atoms with Gasteiger partial charge in [-0.25, -0.2) is 4.98 Å². The predicted octanol–water partition coefficient (Wildman–Crippen LogP) is 4.98. The summed E-state index contributed by atoms with van der Waals surface area (Å²) >= 11 is 1.59. The summed E-state index contributed by atoms with van der Waals surface area (Å²) in [6, 6.07) is 19.3. The van der Waals surface area contributed by atoms with Crippen molar-refractivity contribution in [1.29, 1.82) is 0 Å². The minimum atomic E-state index is -0.270. The molecule has 4 amide bonds. The molecule has 4 aromatic rings. The van der Waals surface area contributed by atoms with Crippen molar-refractivity contribution in [1.82, 2.24) is 20.5 Å². The SMILES string of the molecule is N[C@H](CNCCCCCCNC(=O)c1ccc(NC(=O)c2ccc(CN(C(=O)c3ccc4c(c3)OCC(=O)N4)C3CC3)cc2)cc1)Cc1cscn1. The summed E-state index contributed by atoms with van der Waals surface area (Å²) in [7, 11) is 0. The lowest BCUT2D eigenvalue weighted by Crippen LogP contribution is -2.36. The lowest BCUT2D eigenvalue weighted by atomic mass is 10.1. The fourth-order valence-electron chi connectivity index (χ4n) is 5.99. The topological polar surface area (TPSA) is 168 Å². The van der Waals surface area contributed by atoms with Crippen molar-refractivity contribution in [3.05, 3.63) is 106 Å². The van der Waals surface area contributed by atoms with Gasteiger partial charge in [0.25, 0.3) is 23.6 Å². The Kier molecular flexibility index (Phi) is 12.6. The first kappa shape index (κ1) is 36.7. The number of nitrogens with one attached hydrogen (secondary N) is 4. The number of ether oxygens (including phenoxy) is 1. The maximum atomic E-state index is 13.5. The number of carbonyl (C=O) groups excluding carboxylic acids is 4. The van der Waals surface area contributed by atoms with Crippen molar-refractivity contribution >= 4 is 46.3 Å². The van der Waals surface area contributed by atoms with Gasteiger partial charge in [0.15, 0.2) is 6.61 Å². The van der Waals surface area contributed by atoms with Crippen molar-refractivity contribution in [2.24, 2.45) is 5.73 Å². The minimum Gasteiger partial charge on any atom is -0.482 e. The molecule has 0 spiro atoms. The third-order valence-electron chi connectivity index (χ3n) is 9.01. The Balaban J connectivity index is 0.887. The fraction of sp³-hybridized carbons (Fsp3) is 0.359. The quantitative estimate of drug-likeness (QED) is 0.0897. The van der Waals surface area contributed by atoms with Gasteiger partial charge in [0, 0.05) is 65.9 Å². The van der Waals surface area contributed by atoms with Crippen LogP contribution in [0.25, 0.3) is 0 Å². The Hall–Kier alpha value is -5.11. The molecular formula is C39H45N7O5S. The number of fused-ring (bicyclic) bond motifs is 1. The molecule has 0 saturated heterocycles. The van der Waals surface area contributed by atoms with Crippen LogP contribution in [0.2, 0.25) is 0 Å². The van der Waals surface area contributed by atoms with Gasteiger partial charge < -0.3 is 36.6 Å². The van der Waals surface area contributed by atoms with E-state index in [1.807, 2.05) is 27.9 Å². The van der Waals surface area contributed by atoms with Crippen molar-refractivity contribution in [2.75, 3.05) is 36.9 Å². The van der Waals surface area contributed by atoms with Gasteiger partial charge >= 0.3 is 0 Å². The molecule has 12 nitrogen and oxygen atoms in total. The van der Waals surface area contributed by atoms with Crippen molar-refractivity contribution in [3.8, 4) is 5.75 Å². The average Bonchev–Trinajstić information content (AvgIpc) is 3.87. The summed E-state index contributed by atoms with van der Waals surface area (Å²) in [4.78, 5) is 56.8. The molecule has 52 heavy (non-hydrogen) atoms. The number of carbonyl (C=O) groups is 4. The van der Waals surface area contributed by atoms with Crippen LogP contribution >= 0.6 is 11.3 Å². The van der Waals surface area contributed by atoms with E-state index in [4.69, 9.17) is 10.5 Å². The molecule has 0 radical (unpaired) electrons. The van der Waals surface area contributed by atoms with Crippen LogP contribution in [0.15, 0.2) is 77.6 Å². The second-order valence-corrected chi connectivity index (χ2v) is 14.0. The molecule has 1 atom stereocenters. The first-order chi connectivity index (χ1) is 25.3. The average molecular weight is 724 g/mol. The number of anilines is 2. The number of unbranched alkanes of at least 4 members (excludes halogenated alkanes) is 3. The standard InChI is InChI=1S/C39H45N7O5S/c40-30(20-32-24-52-25-43-32)21-41-17-3-1-2-4-18-42-37(48)27-9-12-31(13-10-27)44-38(49)28-7-5-26(6-8-28)22-46(33-14-15-33)39(50)29-11-16-34-35(19-29)51-23-36(47)45-34/h5-13,16,19,24-25,30,33,41H,1-4,14-15,17-18,20-23,40H2,(H,42,48)(H,44,49)(H,45,47)/t30-/m0/s1. The second kappa shape index (κ2) is 17.9. The summed E-state index contributed by atoms with van der Waals surface area (Å²) in [6.45, 7) is 2.63. The molecule has 1 aliphatic heterocycles. The van der Waals surface area contributed by atoms with E-state index in [2.05, 4.69) is 26.3 Å². The second-order valence-electron chi connectivity index (χ2n) is 13.3. The van der Waals surface area contributed by atoms with Crippen LogP contribution in [-0.2, 0) is 17.8 Å². The number of amides is 4. The molecule has 6 rings (SSSR count). The molecule has 1 aromatic heterocycles. The molecule has 1 saturated carbocycles. The molecular weight excluding hydrogens is 679 g/mol. The number of aromatic nitrogens is 1. The molecule has 2 heterocycles. The Morgan fingerprint density at radius 2 is 1.63 bits per heavy atom. The summed E-state index contributed by atoms with van der Waals surface area (Å²) in [5.74, 6) is -0.258. The van der Waals surface area contributed by atoms with Gasteiger partial charge in [0.05, 0.1) is 16.9 Å². The van der Waals surface area contributed by atoms with Crippen LogP contribution in [-0.4, -0.2) is 71.8 Å². The molecule has 2 aliphatic rings. The van der Waals surface area contributed by atoms with Crippen LogP contribution in [0.4, 0.5) is 11.4 Å². The van der Waals surface area contributed by atoms with E-state index in [0.29, 0.717) is 46.9 Å². The number of hydrogen-bond acceptors (Lipinski definition) is 9. The molecule has 272 valence electrons. The summed E-state index contributed by atoms with van der Waals surface area (Å²) in [5.41, 5.74) is 12.6. The normalized spacial score (nSPS) is 14.1. The van der Waals surface area contributed by atoms with Gasteiger partial charge in [0.2, 0.25) is 0 Å². The number of nitrogens with zero attached hydrogens (tertiary/aromatic N) is 2. The lowest BCUT2D eigenvalue weighted by molar-refractivity contribution is -0.118. The number of thiazole rings is 1. The molecule has 1 aliphatic carbocycles. The van der Waals surface area contributed by atoms with Crippen LogP contribution in [0.3, 0.4) is 0 Å². The number of hydrogen-bond donors (Lipinski definition) is 5. The van der Waals surface area contributed by atoms with E-state index >= 15 is 0 Å². The fourth-order valence-corrected chi connectivity index (χ4v) is 6.56. The monoisotopic (exact) mass is 723 g/mol. The number of nitrogens with two attached hydrogens (primary N) is 1. The van der Waals surface area contributed by atoms with Gasteiger partial charge in [-0.2, -0.15) is 0 Å². The van der Waals surface area contributed by atoms with Crippen LogP contribution in [0.5, 0.6) is 5.75 Å². The third-order valence-corrected chi connectivity index (χ3v) is 9.65. The summed E-state index contributed by atoms with van der Waals surface area (Å²) in [6.07, 6.45) is 6.74. The Morgan fingerprint density at radius 3 is 2.37 bits per heavy atom. The molecule has 6 N–H and O–H groups in total. The molecule has 3 aromatic carbocycles. The Bertz CT molecular complexity index is 1830. The van der Waals surface area contributed by atoms with Gasteiger partial charge in [-0.15, -0.1) is 11.3 Å². The largest absolute Gasteiger partial charge is 0.482 e. The number of rotatable bonds is 18. The Morgan fingerprint density at radius 1 is 0.923 bits per heavy atom. The minimum absolute atomic E-state index is 0.0634. The lowest BCUT2D eigenvalue weighted by Gasteiger charge is -2.24. The zero-order valence-corrected chi connectivity index (χ0v) is 29.9. The van der Waals surface area contributed by atoms with E-state index in [0.717, 1.165) is 69.3 Å². The van der Waals surface area contributed by atoms with Crippen molar-refractivity contribution in [3.63, 3.8) is 0 Å². The van der Waals surface area contributed by atoms with E-state index in [1.54, 1.807) is 65.9 Å². The van der Waals surface area contributed by atoms with E-state index < -0.39 is 0 Å². The number of benzene rings is 3. The maximum Gasteiger partial charge on any atom is 0.262 e. The first-order valence-electron chi connectivity index (χ1n) is 17.8. The van der Waals surface area contributed by atoms with Crippen LogP contribution in [0.1, 0.15) is 80.9 Å². The summed E-state index contributed by atoms with van der Waals surface area (Å²) < 4.78 is 5.50. The zero-order valence-electron chi connectivity index (χ0n) is 29.1. The molecule has 13 heteroatoms. The highest BCUT2D eigenvalue weighted by Gasteiger charge is 2.33. The first-order valence-corrected chi connectivity index (χ1v) is 18.8. The Labute approximate surface area is 307 Å². The van der Waals surface area contributed by atoms with Crippen LogP contribution < -0.4 is 31.7 Å².